The van der Waals surface area contributed by atoms with Crippen LogP contribution >= 0.6 is 0 Å². The van der Waals surface area contributed by atoms with Crippen LogP contribution in [0.15, 0.2) is 6.33 Å². The van der Waals surface area contributed by atoms with Crippen LogP contribution in [-0.2, 0) is 4.74 Å². The molecule has 0 atom stereocenters. The molecule has 7 nitrogen and oxygen atoms in total. The van der Waals surface area contributed by atoms with Gasteiger partial charge in [0, 0.05) is 25.2 Å². The fourth-order valence-corrected chi connectivity index (χ4v) is 4.55. The van der Waals surface area contributed by atoms with Crippen molar-refractivity contribution in [1.29, 1.82) is 0 Å². The van der Waals surface area contributed by atoms with Crippen molar-refractivity contribution in [3.8, 4) is 0 Å². The zero-order valence-electron chi connectivity index (χ0n) is 16.0. The monoisotopic (exact) mass is 358 g/mol. The molecule has 0 bridgehead atoms. The number of aryl methyl sites for hydroxylation is 1. The highest BCUT2D eigenvalue weighted by Gasteiger charge is 2.37. The Labute approximate surface area is 155 Å². The number of nitrogens with one attached hydrogen (secondary N) is 1. The van der Waals surface area contributed by atoms with Gasteiger partial charge in [0.15, 0.2) is 0 Å². The minimum Gasteiger partial charge on any atom is -0.380 e. The summed E-state index contributed by atoms with van der Waals surface area (Å²) in [6, 6.07) is 0. The molecule has 142 valence electrons. The predicted octanol–water partition coefficient (Wildman–Crippen LogP) is 2.58. The number of hydrogen-bond donors (Lipinski definition) is 1. The number of aromatic nitrogens is 4. The van der Waals surface area contributed by atoms with Crippen LogP contribution in [0.25, 0.3) is 5.65 Å². The second kappa shape index (κ2) is 7.48. The Morgan fingerprint density at radius 1 is 1.12 bits per heavy atom. The highest BCUT2D eigenvalue weighted by atomic mass is 16.5. The van der Waals surface area contributed by atoms with Crippen molar-refractivity contribution in [3.63, 3.8) is 0 Å². The van der Waals surface area contributed by atoms with E-state index in [1.165, 1.54) is 38.5 Å². The third-order valence-electron chi connectivity index (χ3n) is 6.24. The number of morpholine rings is 1. The summed E-state index contributed by atoms with van der Waals surface area (Å²) < 4.78 is 7.40. The van der Waals surface area contributed by atoms with Gasteiger partial charge in [-0.25, -0.2) is 0 Å². The van der Waals surface area contributed by atoms with Crippen molar-refractivity contribution < 1.29 is 4.74 Å². The summed E-state index contributed by atoms with van der Waals surface area (Å²) in [4.78, 5) is 2.68. The molecule has 3 heterocycles. The van der Waals surface area contributed by atoms with Crippen molar-refractivity contribution in [2.75, 3.05) is 38.2 Å². The van der Waals surface area contributed by atoms with E-state index in [4.69, 9.17) is 4.74 Å². The first-order valence-electron chi connectivity index (χ1n) is 9.93. The Bertz CT molecular complexity index is 744. The minimum absolute atomic E-state index is 0.209. The SMILES string of the molecule is Cc1nn2cnnc2c(NCC2(N3CCOCC3)CCCCCC2)c1C. The van der Waals surface area contributed by atoms with Crippen LogP contribution in [0.1, 0.15) is 49.8 Å². The molecule has 26 heavy (non-hydrogen) atoms. The summed E-state index contributed by atoms with van der Waals surface area (Å²) in [5.41, 5.74) is 4.28. The van der Waals surface area contributed by atoms with Crippen molar-refractivity contribution in [2.24, 2.45) is 0 Å². The molecule has 2 aromatic rings. The Kier molecular flexibility index (Phi) is 5.09. The number of ether oxygens (including phenoxy) is 1. The molecule has 0 spiro atoms. The van der Waals surface area contributed by atoms with Gasteiger partial charge in [-0.15, -0.1) is 10.2 Å². The van der Waals surface area contributed by atoms with E-state index in [1.807, 2.05) is 6.92 Å². The molecule has 0 radical (unpaired) electrons. The highest BCUT2D eigenvalue weighted by Crippen LogP contribution is 2.34. The molecule has 2 aromatic heterocycles. The zero-order valence-corrected chi connectivity index (χ0v) is 16.0. The zero-order chi connectivity index (χ0) is 18.0. The van der Waals surface area contributed by atoms with Crippen molar-refractivity contribution >= 4 is 11.3 Å². The molecule has 2 fully saturated rings. The smallest absolute Gasteiger partial charge is 0.200 e. The summed E-state index contributed by atoms with van der Waals surface area (Å²) in [5.74, 6) is 0. The number of rotatable bonds is 4. The van der Waals surface area contributed by atoms with Crippen LogP contribution in [-0.4, -0.2) is 63.1 Å². The lowest BCUT2D eigenvalue weighted by molar-refractivity contribution is -0.0240. The molecule has 1 aliphatic carbocycles. The van der Waals surface area contributed by atoms with E-state index < -0.39 is 0 Å². The molecule has 0 amide bonds. The number of hydrogen-bond acceptors (Lipinski definition) is 6. The number of nitrogens with zero attached hydrogens (tertiary/aromatic N) is 5. The van der Waals surface area contributed by atoms with Gasteiger partial charge in [0.1, 0.15) is 6.33 Å². The molecule has 7 heteroatoms. The van der Waals surface area contributed by atoms with Crippen LogP contribution in [0.2, 0.25) is 0 Å². The van der Waals surface area contributed by atoms with Crippen LogP contribution in [0, 0.1) is 13.8 Å². The molecule has 1 N–H and O–H groups in total. The third-order valence-corrected chi connectivity index (χ3v) is 6.24. The van der Waals surface area contributed by atoms with E-state index >= 15 is 0 Å². The largest absolute Gasteiger partial charge is 0.380 e. The topological polar surface area (TPSA) is 67.6 Å². The minimum atomic E-state index is 0.209. The van der Waals surface area contributed by atoms with Crippen molar-refractivity contribution in [2.45, 2.75) is 57.9 Å². The van der Waals surface area contributed by atoms with Gasteiger partial charge in [0.2, 0.25) is 5.65 Å². The Balaban J connectivity index is 1.62. The average molecular weight is 358 g/mol. The number of anilines is 1. The van der Waals surface area contributed by atoms with Gasteiger partial charge in [-0.2, -0.15) is 9.61 Å². The van der Waals surface area contributed by atoms with Crippen molar-refractivity contribution in [1.82, 2.24) is 24.7 Å². The summed E-state index contributed by atoms with van der Waals surface area (Å²) in [7, 11) is 0. The summed E-state index contributed by atoms with van der Waals surface area (Å²) in [5, 5.41) is 16.6. The Morgan fingerprint density at radius 3 is 2.58 bits per heavy atom. The molecule has 0 aromatic carbocycles. The molecule has 1 aliphatic heterocycles. The first-order valence-corrected chi connectivity index (χ1v) is 9.93. The van der Waals surface area contributed by atoms with E-state index in [0.717, 1.165) is 55.4 Å². The van der Waals surface area contributed by atoms with E-state index in [0.29, 0.717) is 0 Å². The van der Waals surface area contributed by atoms with Crippen molar-refractivity contribution in [3.05, 3.63) is 17.6 Å². The average Bonchev–Trinajstić information content (AvgIpc) is 2.99. The fraction of sp³-hybridized carbons (Fsp3) is 0.737. The normalized spacial score (nSPS) is 21.6. The molecule has 4 rings (SSSR count). The van der Waals surface area contributed by atoms with Crippen LogP contribution in [0.4, 0.5) is 5.69 Å². The van der Waals surface area contributed by atoms with E-state index in [-0.39, 0.29) is 5.54 Å². The second-order valence-corrected chi connectivity index (χ2v) is 7.78. The van der Waals surface area contributed by atoms with E-state index in [9.17, 15) is 0 Å². The summed E-state index contributed by atoms with van der Waals surface area (Å²) >= 11 is 0. The maximum Gasteiger partial charge on any atom is 0.200 e. The maximum absolute atomic E-state index is 5.62. The van der Waals surface area contributed by atoms with Gasteiger partial charge < -0.3 is 10.1 Å². The Hall–Kier alpha value is -1.73. The quantitative estimate of drug-likeness (QED) is 0.848. The summed E-state index contributed by atoms with van der Waals surface area (Å²) in [6.45, 7) is 8.89. The van der Waals surface area contributed by atoms with E-state index in [2.05, 4.69) is 32.4 Å². The van der Waals surface area contributed by atoms with Gasteiger partial charge >= 0.3 is 0 Å². The lowest BCUT2D eigenvalue weighted by Crippen LogP contribution is -2.57. The standard InChI is InChI=1S/C19H30N6O/c1-15-16(2)23-25-14-21-22-18(25)17(15)20-13-19(7-5-3-4-6-8-19)24-9-11-26-12-10-24/h14,20H,3-13H2,1-2H3. The molecule has 0 unspecified atom stereocenters. The molecular weight excluding hydrogens is 328 g/mol. The van der Waals surface area contributed by atoms with Crippen LogP contribution in [0.5, 0.6) is 0 Å². The fourth-order valence-electron chi connectivity index (χ4n) is 4.55. The van der Waals surface area contributed by atoms with Gasteiger partial charge in [-0.05, 0) is 32.3 Å². The van der Waals surface area contributed by atoms with E-state index in [1.54, 1.807) is 10.8 Å². The first-order chi connectivity index (χ1) is 12.7. The van der Waals surface area contributed by atoms with Crippen LogP contribution in [0.3, 0.4) is 0 Å². The first kappa shape index (κ1) is 17.7. The maximum atomic E-state index is 5.62. The Morgan fingerprint density at radius 2 is 1.85 bits per heavy atom. The van der Waals surface area contributed by atoms with Crippen LogP contribution < -0.4 is 5.32 Å². The molecular formula is C19H30N6O. The highest BCUT2D eigenvalue weighted by molar-refractivity contribution is 5.71. The van der Waals surface area contributed by atoms with Gasteiger partial charge in [-0.3, -0.25) is 4.90 Å². The third kappa shape index (κ3) is 3.30. The number of fused-ring (bicyclic) bond motifs is 1. The molecule has 2 aliphatic rings. The summed E-state index contributed by atoms with van der Waals surface area (Å²) in [6.07, 6.45) is 9.53. The lowest BCUT2D eigenvalue weighted by atomic mass is 9.87. The van der Waals surface area contributed by atoms with Gasteiger partial charge in [0.25, 0.3) is 0 Å². The van der Waals surface area contributed by atoms with Gasteiger partial charge in [-0.1, -0.05) is 25.7 Å². The molecule has 1 saturated carbocycles. The lowest BCUT2D eigenvalue weighted by Gasteiger charge is -2.46. The predicted molar refractivity (Wildman–Crippen MR) is 102 cm³/mol. The van der Waals surface area contributed by atoms with Gasteiger partial charge in [0.05, 0.1) is 24.6 Å². The second-order valence-electron chi connectivity index (χ2n) is 7.78. The molecule has 1 saturated heterocycles.